The van der Waals surface area contributed by atoms with Crippen LogP contribution < -0.4 is 0 Å². The van der Waals surface area contributed by atoms with Gasteiger partial charge in [-0.3, -0.25) is 0 Å². The van der Waals surface area contributed by atoms with Gasteiger partial charge in [-0.25, -0.2) is 0 Å². The highest BCUT2D eigenvalue weighted by atomic mass is 35.5. The second kappa shape index (κ2) is 4.63. The minimum Gasteiger partial charge on any atom is -0.388 e. The highest BCUT2D eigenvalue weighted by Gasteiger charge is 2.07. The summed E-state index contributed by atoms with van der Waals surface area (Å²) in [5.41, 5.74) is 1.12. The van der Waals surface area contributed by atoms with Gasteiger partial charge in [-0.05, 0) is 17.7 Å². The molecule has 16 heavy (non-hydrogen) atoms. The average Bonchev–Trinajstić information content (AvgIpc) is 2.63. The lowest BCUT2D eigenvalue weighted by atomic mass is 10.1. The predicted molar refractivity (Wildman–Crippen MR) is 61.2 cm³/mol. The summed E-state index contributed by atoms with van der Waals surface area (Å²) in [5.74, 6) is 1.40. The molecule has 0 bridgehead atoms. The van der Waals surface area contributed by atoms with E-state index >= 15 is 0 Å². The summed E-state index contributed by atoms with van der Waals surface area (Å²) in [5, 5.41) is 17.6. The molecule has 0 atom stereocenters. The van der Waals surface area contributed by atoms with Gasteiger partial charge in [-0.2, -0.15) is 0 Å². The molecule has 5 heteroatoms. The van der Waals surface area contributed by atoms with Crippen molar-refractivity contribution in [2.45, 2.75) is 13.0 Å². The van der Waals surface area contributed by atoms with Gasteiger partial charge in [0.2, 0.25) is 0 Å². The summed E-state index contributed by atoms with van der Waals surface area (Å²) < 4.78 is 1.80. The van der Waals surface area contributed by atoms with Gasteiger partial charge in [0.25, 0.3) is 0 Å². The molecule has 84 valence electrons. The molecule has 4 nitrogen and oxygen atoms in total. The molecule has 0 aliphatic carbocycles. The second-order valence-corrected chi connectivity index (χ2v) is 3.99. The van der Waals surface area contributed by atoms with Gasteiger partial charge >= 0.3 is 0 Å². The van der Waals surface area contributed by atoms with Crippen LogP contribution in [0.1, 0.15) is 17.2 Å². The molecule has 0 aliphatic heterocycles. The molecule has 0 saturated carbocycles. The average molecular weight is 238 g/mol. The van der Waals surface area contributed by atoms with Crippen molar-refractivity contribution in [1.82, 2.24) is 14.8 Å². The number of hydrogen-bond acceptors (Lipinski definition) is 3. The molecule has 0 spiro atoms. The van der Waals surface area contributed by atoms with Crippen LogP contribution in [-0.2, 0) is 20.1 Å². The molecule has 1 heterocycles. The van der Waals surface area contributed by atoms with Crippen molar-refractivity contribution in [2.75, 3.05) is 0 Å². The van der Waals surface area contributed by atoms with Crippen LogP contribution in [0.2, 0.25) is 5.02 Å². The third kappa shape index (κ3) is 2.23. The van der Waals surface area contributed by atoms with Crippen LogP contribution in [0.15, 0.2) is 24.3 Å². The molecule has 0 unspecified atom stereocenters. The number of aliphatic hydroxyl groups is 1. The lowest BCUT2D eigenvalue weighted by molar-refractivity contribution is 0.266. The Bertz CT molecular complexity index is 478. The van der Waals surface area contributed by atoms with E-state index in [9.17, 15) is 0 Å². The van der Waals surface area contributed by atoms with Crippen molar-refractivity contribution in [2.24, 2.45) is 7.05 Å². The topological polar surface area (TPSA) is 50.9 Å². The van der Waals surface area contributed by atoms with Gasteiger partial charge < -0.3 is 9.67 Å². The van der Waals surface area contributed by atoms with E-state index in [0.29, 0.717) is 12.2 Å². The van der Waals surface area contributed by atoms with Gasteiger partial charge in [-0.1, -0.05) is 23.7 Å². The highest BCUT2D eigenvalue weighted by Crippen LogP contribution is 2.12. The Morgan fingerprint density at radius 3 is 2.38 bits per heavy atom. The molecule has 0 saturated heterocycles. The summed E-state index contributed by atoms with van der Waals surface area (Å²) in [7, 11) is 1.84. The van der Waals surface area contributed by atoms with Crippen LogP contribution in [0.25, 0.3) is 0 Å². The molecule has 0 radical (unpaired) electrons. The number of rotatable bonds is 3. The van der Waals surface area contributed by atoms with E-state index in [1.807, 2.05) is 31.3 Å². The first-order chi connectivity index (χ1) is 7.70. The summed E-state index contributed by atoms with van der Waals surface area (Å²) >= 11 is 5.81. The van der Waals surface area contributed by atoms with E-state index in [1.165, 1.54) is 0 Å². The van der Waals surface area contributed by atoms with Crippen LogP contribution in [0, 0.1) is 0 Å². The van der Waals surface area contributed by atoms with Crippen molar-refractivity contribution < 1.29 is 5.11 Å². The van der Waals surface area contributed by atoms with Crippen LogP contribution in [0.5, 0.6) is 0 Å². The summed E-state index contributed by atoms with van der Waals surface area (Å²) in [6.07, 6.45) is 0.681. The Morgan fingerprint density at radius 2 is 1.81 bits per heavy atom. The van der Waals surface area contributed by atoms with Crippen LogP contribution in [0.4, 0.5) is 0 Å². The zero-order chi connectivity index (χ0) is 11.5. The smallest absolute Gasteiger partial charge is 0.158 e. The molecule has 0 fully saturated rings. The molecule has 0 amide bonds. The SMILES string of the molecule is Cn1c(CO)nnc1Cc1ccc(Cl)cc1. The van der Waals surface area contributed by atoms with Crippen LogP contribution >= 0.6 is 11.6 Å². The second-order valence-electron chi connectivity index (χ2n) is 3.55. The molecule has 0 aliphatic rings. The van der Waals surface area contributed by atoms with Crippen LogP contribution in [0.3, 0.4) is 0 Å². The monoisotopic (exact) mass is 237 g/mol. The number of aromatic nitrogens is 3. The summed E-state index contributed by atoms with van der Waals surface area (Å²) in [4.78, 5) is 0. The van der Waals surface area contributed by atoms with Gasteiger partial charge in [0, 0.05) is 18.5 Å². The standard InChI is InChI=1S/C11H12ClN3O/c1-15-10(13-14-11(15)7-16)6-8-2-4-9(12)5-3-8/h2-5,16H,6-7H2,1H3. The number of hydrogen-bond donors (Lipinski definition) is 1. The minimum atomic E-state index is -0.0931. The molecule has 2 aromatic rings. The summed E-state index contributed by atoms with van der Waals surface area (Å²) in [6, 6.07) is 7.60. The Hall–Kier alpha value is -1.39. The minimum absolute atomic E-state index is 0.0931. The number of benzene rings is 1. The van der Waals surface area contributed by atoms with Gasteiger partial charge in [-0.15, -0.1) is 10.2 Å². The predicted octanol–water partition coefficient (Wildman–Crippen LogP) is 1.55. The third-order valence-corrected chi connectivity index (χ3v) is 2.72. The first-order valence-electron chi connectivity index (χ1n) is 4.93. The van der Waals surface area contributed by atoms with E-state index in [0.717, 1.165) is 16.4 Å². The quantitative estimate of drug-likeness (QED) is 0.881. The van der Waals surface area contributed by atoms with Crippen molar-refractivity contribution in [1.29, 1.82) is 0 Å². The van der Waals surface area contributed by atoms with Crippen LogP contribution in [-0.4, -0.2) is 19.9 Å². The maximum absolute atomic E-state index is 8.99. The first kappa shape index (κ1) is 11.1. The Morgan fingerprint density at radius 1 is 1.19 bits per heavy atom. The van der Waals surface area contributed by atoms with E-state index in [4.69, 9.17) is 16.7 Å². The molecule has 1 N–H and O–H groups in total. The maximum Gasteiger partial charge on any atom is 0.158 e. The Labute approximate surface area is 98.5 Å². The fourth-order valence-corrected chi connectivity index (χ4v) is 1.60. The summed E-state index contributed by atoms with van der Waals surface area (Å²) in [6.45, 7) is -0.0931. The number of halogens is 1. The lowest BCUT2D eigenvalue weighted by Gasteiger charge is -2.02. The fraction of sp³-hybridized carbons (Fsp3) is 0.273. The van der Waals surface area contributed by atoms with Crippen molar-refractivity contribution in [3.05, 3.63) is 46.5 Å². The van der Waals surface area contributed by atoms with Crippen molar-refractivity contribution in [3.63, 3.8) is 0 Å². The molecular weight excluding hydrogens is 226 g/mol. The van der Waals surface area contributed by atoms with Gasteiger partial charge in [0.1, 0.15) is 12.4 Å². The number of nitrogens with zero attached hydrogens (tertiary/aromatic N) is 3. The molecule has 1 aromatic heterocycles. The van der Waals surface area contributed by atoms with E-state index in [1.54, 1.807) is 4.57 Å². The largest absolute Gasteiger partial charge is 0.388 e. The third-order valence-electron chi connectivity index (χ3n) is 2.47. The Balaban J connectivity index is 2.20. The Kier molecular flexibility index (Phi) is 3.22. The lowest BCUT2D eigenvalue weighted by Crippen LogP contribution is -2.02. The zero-order valence-electron chi connectivity index (χ0n) is 8.89. The van der Waals surface area contributed by atoms with E-state index in [-0.39, 0.29) is 6.61 Å². The molecular formula is C11H12ClN3O. The van der Waals surface area contributed by atoms with Crippen molar-refractivity contribution in [3.8, 4) is 0 Å². The molecule has 2 rings (SSSR count). The fourth-order valence-electron chi connectivity index (χ4n) is 1.48. The number of aliphatic hydroxyl groups excluding tert-OH is 1. The highest BCUT2D eigenvalue weighted by molar-refractivity contribution is 6.30. The zero-order valence-corrected chi connectivity index (χ0v) is 9.65. The molecule has 1 aromatic carbocycles. The van der Waals surface area contributed by atoms with Crippen molar-refractivity contribution >= 4 is 11.6 Å². The first-order valence-corrected chi connectivity index (χ1v) is 5.31. The van der Waals surface area contributed by atoms with E-state index in [2.05, 4.69) is 10.2 Å². The van der Waals surface area contributed by atoms with Gasteiger partial charge in [0.15, 0.2) is 5.82 Å². The van der Waals surface area contributed by atoms with Gasteiger partial charge in [0.05, 0.1) is 0 Å². The normalized spacial score (nSPS) is 10.7. The maximum atomic E-state index is 8.99. The van der Waals surface area contributed by atoms with E-state index < -0.39 is 0 Å².